The number of amides is 1. The van der Waals surface area contributed by atoms with Crippen molar-refractivity contribution in [2.75, 3.05) is 6.54 Å². The maximum Gasteiger partial charge on any atom is 0.251 e. The monoisotopic (exact) mass is 396 g/mol. The maximum absolute atomic E-state index is 12.6. The van der Waals surface area contributed by atoms with Crippen LogP contribution in [0.3, 0.4) is 0 Å². The molecule has 0 bridgehead atoms. The molecule has 0 unspecified atom stereocenters. The molecule has 0 aliphatic heterocycles. The van der Waals surface area contributed by atoms with Gasteiger partial charge in [-0.15, -0.1) is 0 Å². The highest BCUT2D eigenvalue weighted by Gasteiger charge is 2.10. The van der Waals surface area contributed by atoms with Crippen LogP contribution in [0.25, 0.3) is 5.69 Å². The quantitative estimate of drug-likeness (QED) is 0.387. The van der Waals surface area contributed by atoms with Crippen molar-refractivity contribution in [1.82, 2.24) is 30.0 Å². The van der Waals surface area contributed by atoms with Gasteiger partial charge >= 0.3 is 0 Å². The van der Waals surface area contributed by atoms with Gasteiger partial charge in [0, 0.05) is 54.2 Å². The minimum absolute atomic E-state index is 0.119. The number of carbonyl (C=O) groups excluding carboxylic acids is 1. The summed E-state index contributed by atoms with van der Waals surface area (Å²) < 4.78 is 1.88. The highest BCUT2D eigenvalue weighted by Crippen LogP contribution is 2.16. The number of imidazole rings is 1. The van der Waals surface area contributed by atoms with E-state index in [-0.39, 0.29) is 5.91 Å². The van der Waals surface area contributed by atoms with E-state index in [1.54, 1.807) is 37.2 Å². The first-order valence-electron chi connectivity index (χ1n) is 9.60. The molecule has 30 heavy (non-hydrogen) atoms. The molecule has 0 saturated heterocycles. The van der Waals surface area contributed by atoms with Crippen molar-refractivity contribution >= 4 is 5.91 Å². The Bertz CT molecular complexity index is 1160. The van der Waals surface area contributed by atoms with Crippen molar-refractivity contribution in [3.05, 3.63) is 96.1 Å². The standard InChI is InChI=1S/C23H20N6O/c30-23(26-9-1-2-19-15-27-28-16-19)21-5-6-22(29-13-12-25-17-29)20(14-21)4-3-18-7-10-24-11-8-18/h5-8,10-17H,1-2,9H2,(H,26,30)(H,27,28). The summed E-state index contributed by atoms with van der Waals surface area (Å²) in [5, 5.41) is 9.69. The molecule has 0 fully saturated rings. The minimum atomic E-state index is -0.119. The summed E-state index contributed by atoms with van der Waals surface area (Å²) >= 11 is 0. The summed E-state index contributed by atoms with van der Waals surface area (Å²) in [5.41, 5.74) is 4.17. The van der Waals surface area contributed by atoms with Crippen LogP contribution < -0.4 is 5.32 Å². The molecule has 1 amide bonds. The molecule has 7 nitrogen and oxygen atoms in total. The Morgan fingerprint density at radius 2 is 2.00 bits per heavy atom. The molecule has 0 spiro atoms. The molecule has 4 aromatic rings. The number of carbonyl (C=O) groups is 1. The molecule has 148 valence electrons. The van der Waals surface area contributed by atoms with E-state index >= 15 is 0 Å². The molecular formula is C23H20N6O. The van der Waals surface area contributed by atoms with Crippen LogP contribution in [0.5, 0.6) is 0 Å². The van der Waals surface area contributed by atoms with Gasteiger partial charge in [0.1, 0.15) is 0 Å². The minimum Gasteiger partial charge on any atom is -0.352 e. The van der Waals surface area contributed by atoms with Gasteiger partial charge in [-0.25, -0.2) is 4.98 Å². The number of benzene rings is 1. The van der Waals surface area contributed by atoms with E-state index in [9.17, 15) is 4.79 Å². The largest absolute Gasteiger partial charge is 0.352 e. The number of rotatable bonds is 6. The molecule has 0 radical (unpaired) electrons. The van der Waals surface area contributed by atoms with Crippen molar-refractivity contribution in [1.29, 1.82) is 0 Å². The average molecular weight is 396 g/mol. The fourth-order valence-corrected chi connectivity index (χ4v) is 2.99. The Morgan fingerprint density at radius 1 is 1.10 bits per heavy atom. The van der Waals surface area contributed by atoms with Gasteiger partial charge in [0.2, 0.25) is 0 Å². The number of H-pyrrole nitrogens is 1. The van der Waals surface area contributed by atoms with Gasteiger partial charge in [-0.2, -0.15) is 5.10 Å². The highest BCUT2D eigenvalue weighted by atomic mass is 16.1. The van der Waals surface area contributed by atoms with E-state index in [0.29, 0.717) is 12.1 Å². The zero-order valence-corrected chi connectivity index (χ0v) is 16.2. The Morgan fingerprint density at radius 3 is 2.77 bits per heavy atom. The number of aromatic amines is 1. The third-order valence-corrected chi connectivity index (χ3v) is 4.55. The van der Waals surface area contributed by atoms with Gasteiger partial charge in [0.05, 0.1) is 18.2 Å². The van der Waals surface area contributed by atoms with Crippen molar-refractivity contribution in [3.8, 4) is 17.5 Å². The fraction of sp³-hybridized carbons (Fsp3) is 0.130. The number of aromatic nitrogens is 5. The molecule has 3 aromatic heterocycles. The number of hydrogen-bond donors (Lipinski definition) is 2. The van der Waals surface area contributed by atoms with E-state index in [1.165, 1.54) is 0 Å². The normalized spacial score (nSPS) is 10.3. The van der Waals surface area contributed by atoms with Gasteiger partial charge < -0.3 is 9.88 Å². The van der Waals surface area contributed by atoms with Crippen LogP contribution in [0.4, 0.5) is 0 Å². The second-order valence-electron chi connectivity index (χ2n) is 6.65. The molecule has 1 aromatic carbocycles. The van der Waals surface area contributed by atoms with E-state index in [0.717, 1.165) is 35.2 Å². The molecule has 2 N–H and O–H groups in total. The lowest BCUT2D eigenvalue weighted by molar-refractivity contribution is 0.0953. The van der Waals surface area contributed by atoms with Gasteiger partial charge in [-0.05, 0) is 48.7 Å². The summed E-state index contributed by atoms with van der Waals surface area (Å²) in [7, 11) is 0. The van der Waals surface area contributed by atoms with E-state index in [1.807, 2.05) is 41.2 Å². The molecule has 3 heterocycles. The van der Waals surface area contributed by atoms with Crippen LogP contribution in [0.1, 0.15) is 33.5 Å². The van der Waals surface area contributed by atoms with Crippen LogP contribution in [-0.4, -0.2) is 37.2 Å². The smallest absolute Gasteiger partial charge is 0.251 e. The lowest BCUT2D eigenvalue weighted by atomic mass is 10.1. The Balaban J connectivity index is 1.51. The predicted octanol–water partition coefficient (Wildman–Crippen LogP) is 2.75. The molecule has 0 aliphatic rings. The van der Waals surface area contributed by atoms with Crippen molar-refractivity contribution in [2.45, 2.75) is 12.8 Å². The number of nitrogens with zero attached hydrogens (tertiary/aromatic N) is 4. The number of pyridine rings is 1. The summed E-state index contributed by atoms with van der Waals surface area (Å²) in [6, 6.07) is 9.20. The molecule has 0 atom stereocenters. The SMILES string of the molecule is O=C(NCCCc1cn[nH]c1)c1ccc(-n2ccnc2)c(C#Cc2ccncc2)c1. The van der Waals surface area contributed by atoms with Gasteiger partial charge in [0.15, 0.2) is 0 Å². The maximum atomic E-state index is 12.6. The number of hydrogen-bond acceptors (Lipinski definition) is 4. The summed E-state index contributed by atoms with van der Waals surface area (Å²) in [4.78, 5) is 20.7. The first kappa shape index (κ1) is 19.2. The highest BCUT2D eigenvalue weighted by molar-refractivity contribution is 5.95. The summed E-state index contributed by atoms with van der Waals surface area (Å²) in [5.74, 6) is 6.20. The van der Waals surface area contributed by atoms with E-state index in [2.05, 4.69) is 37.3 Å². The average Bonchev–Trinajstić information content (AvgIpc) is 3.50. The molecule has 0 aliphatic carbocycles. The zero-order valence-electron chi connectivity index (χ0n) is 16.2. The first-order chi connectivity index (χ1) is 14.8. The van der Waals surface area contributed by atoms with Gasteiger partial charge in [-0.1, -0.05) is 11.8 Å². The second-order valence-corrected chi connectivity index (χ2v) is 6.65. The van der Waals surface area contributed by atoms with Gasteiger partial charge in [-0.3, -0.25) is 14.9 Å². The van der Waals surface area contributed by atoms with Gasteiger partial charge in [0.25, 0.3) is 5.91 Å². The number of aryl methyl sites for hydroxylation is 1. The van der Waals surface area contributed by atoms with Crippen LogP contribution in [0, 0.1) is 11.8 Å². The van der Waals surface area contributed by atoms with Crippen LogP contribution in [-0.2, 0) is 6.42 Å². The second kappa shape index (κ2) is 9.34. The molecule has 4 rings (SSSR count). The third kappa shape index (κ3) is 4.80. The topological polar surface area (TPSA) is 88.5 Å². The Kier molecular flexibility index (Phi) is 5.97. The molecule has 0 saturated carbocycles. The van der Waals surface area contributed by atoms with Crippen molar-refractivity contribution in [3.63, 3.8) is 0 Å². The first-order valence-corrected chi connectivity index (χ1v) is 9.60. The van der Waals surface area contributed by atoms with Crippen LogP contribution >= 0.6 is 0 Å². The Hall–Kier alpha value is -4.18. The van der Waals surface area contributed by atoms with Crippen LogP contribution in [0.15, 0.2) is 73.8 Å². The Labute approximate surface area is 174 Å². The lowest BCUT2D eigenvalue weighted by Crippen LogP contribution is -2.25. The summed E-state index contributed by atoms with van der Waals surface area (Å²) in [6.45, 7) is 0.589. The van der Waals surface area contributed by atoms with Crippen LogP contribution in [0.2, 0.25) is 0 Å². The fourth-order valence-electron chi connectivity index (χ4n) is 2.99. The summed E-state index contributed by atoms with van der Waals surface area (Å²) in [6.07, 6.45) is 14.0. The third-order valence-electron chi connectivity index (χ3n) is 4.55. The van der Waals surface area contributed by atoms with E-state index in [4.69, 9.17) is 0 Å². The van der Waals surface area contributed by atoms with Crippen molar-refractivity contribution < 1.29 is 4.79 Å². The predicted molar refractivity (Wildman–Crippen MR) is 113 cm³/mol. The van der Waals surface area contributed by atoms with Crippen molar-refractivity contribution in [2.24, 2.45) is 0 Å². The van der Waals surface area contributed by atoms with E-state index < -0.39 is 0 Å². The lowest BCUT2D eigenvalue weighted by Gasteiger charge is -2.09. The molecular weight excluding hydrogens is 376 g/mol. The molecule has 7 heteroatoms. The zero-order chi connectivity index (χ0) is 20.6. The number of nitrogens with one attached hydrogen (secondary N) is 2.